The molecule has 1 aromatic rings. The maximum Gasteiger partial charge on any atom is 0.325 e. The van der Waals surface area contributed by atoms with Crippen LogP contribution in [0, 0.1) is 0 Å². The predicted octanol–water partition coefficient (Wildman–Crippen LogP) is -0.632. The van der Waals surface area contributed by atoms with Crippen LogP contribution in [0.2, 0.25) is 0 Å². The molecule has 1 amide bonds. The Morgan fingerprint density at radius 3 is 2.70 bits per heavy atom. The number of aliphatic hydroxyl groups is 1. The van der Waals surface area contributed by atoms with E-state index in [9.17, 15) is 19.5 Å². The Bertz CT molecular complexity index is 564. The maximum absolute atomic E-state index is 12.2. The molecule has 7 nitrogen and oxygen atoms in total. The van der Waals surface area contributed by atoms with Gasteiger partial charge in [0.05, 0.1) is 18.6 Å². The summed E-state index contributed by atoms with van der Waals surface area (Å²) in [6.07, 6.45) is 2.87. The van der Waals surface area contributed by atoms with Gasteiger partial charge in [0, 0.05) is 18.8 Å². The molecule has 0 aromatic carbocycles. The number of hydrogen-bond donors (Lipinski definition) is 3. The van der Waals surface area contributed by atoms with Crippen molar-refractivity contribution in [2.24, 2.45) is 0 Å². The molecular formula is C13H19N3O4. The zero-order valence-electron chi connectivity index (χ0n) is 11.4. The van der Waals surface area contributed by atoms with Gasteiger partial charge in [-0.25, -0.2) is 4.79 Å². The van der Waals surface area contributed by atoms with Gasteiger partial charge in [0.25, 0.3) is 5.56 Å². The van der Waals surface area contributed by atoms with Gasteiger partial charge in [-0.15, -0.1) is 0 Å². The zero-order chi connectivity index (χ0) is 14.7. The quantitative estimate of drug-likeness (QED) is 0.685. The van der Waals surface area contributed by atoms with E-state index in [4.69, 9.17) is 0 Å². The van der Waals surface area contributed by atoms with E-state index in [0.717, 1.165) is 19.3 Å². The summed E-state index contributed by atoms with van der Waals surface area (Å²) in [6, 6.07) is 1.01. The van der Waals surface area contributed by atoms with E-state index in [0.29, 0.717) is 6.42 Å². The van der Waals surface area contributed by atoms with Crippen LogP contribution in [0.25, 0.3) is 0 Å². The number of rotatable bonds is 3. The third-order valence-electron chi connectivity index (χ3n) is 3.74. The van der Waals surface area contributed by atoms with Gasteiger partial charge in [-0.05, 0) is 12.8 Å². The number of amides is 1. The number of nitrogens with zero attached hydrogens (tertiary/aromatic N) is 1. The average molecular weight is 281 g/mol. The molecule has 1 heterocycles. The van der Waals surface area contributed by atoms with Crippen LogP contribution in [-0.2, 0) is 11.2 Å². The molecular weight excluding hydrogens is 262 g/mol. The van der Waals surface area contributed by atoms with Crippen molar-refractivity contribution in [3.05, 3.63) is 32.6 Å². The van der Waals surface area contributed by atoms with Gasteiger partial charge < -0.3 is 15.0 Å². The SMILES string of the molecule is CN(C(=O)Cc1cc(=O)[nH]c(=O)[nH]1)C1CCCCC1O. The average Bonchev–Trinajstić information content (AvgIpc) is 2.37. The number of aromatic amines is 2. The summed E-state index contributed by atoms with van der Waals surface area (Å²) in [6.45, 7) is 0. The van der Waals surface area contributed by atoms with E-state index < -0.39 is 17.4 Å². The smallest absolute Gasteiger partial charge is 0.325 e. The van der Waals surface area contributed by atoms with Gasteiger partial charge in [-0.2, -0.15) is 0 Å². The molecule has 0 aliphatic heterocycles. The van der Waals surface area contributed by atoms with Crippen molar-refractivity contribution in [1.29, 1.82) is 0 Å². The molecule has 1 saturated carbocycles. The van der Waals surface area contributed by atoms with E-state index >= 15 is 0 Å². The summed E-state index contributed by atoms with van der Waals surface area (Å²) in [5.74, 6) is -0.225. The molecule has 1 fully saturated rings. The topological polar surface area (TPSA) is 106 Å². The lowest BCUT2D eigenvalue weighted by molar-refractivity contribution is -0.134. The number of aliphatic hydroxyl groups excluding tert-OH is 1. The van der Waals surface area contributed by atoms with Crippen molar-refractivity contribution in [2.45, 2.75) is 44.2 Å². The molecule has 2 rings (SSSR count). The van der Waals surface area contributed by atoms with Crippen LogP contribution in [0.15, 0.2) is 15.7 Å². The van der Waals surface area contributed by atoms with Crippen LogP contribution >= 0.6 is 0 Å². The highest BCUT2D eigenvalue weighted by atomic mass is 16.3. The first-order valence-electron chi connectivity index (χ1n) is 6.73. The van der Waals surface area contributed by atoms with Gasteiger partial charge in [0.1, 0.15) is 0 Å². The number of hydrogen-bond acceptors (Lipinski definition) is 4. The molecule has 20 heavy (non-hydrogen) atoms. The lowest BCUT2D eigenvalue weighted by atomic mass is 9.91. The zero-order valence-corrected chi connectivity index (χ0v) is 11.4. The molecule has 1 aliphatic carbocycles. The molecule has 2 unspecified atom stereocenters. The lowest BCUT2D eigenvalue weighted by Crippen LogP contribution is -2.47. The van der Waals surface area contributed by atoms with Crippen LogP contribution in [0.5, 0.6) is 0 Å². The third-order valence-corrected chi connectivity index (χ3v) is 3.74. The van der Waals surface area contributed by atoms with E-state index in [1.54, 1.807) is 7.05 Å². The van der Waals surface area contributed by atoms with Crippen molar-refractivity contribution >= 4 is 5.91 Å². The summed E-state index contributed by atoms with van der Waals surface area (Å²) in [7, 11) is 1.65. The van der Waals surface area contributed by atoms with Crippen molar-refractivity contribution in [3.63, 3.8) is 0 Å². The minimum Gasteiger partial charge on any atom is -0.391 e. The van der Waals surface area contributed by atoms with Gasteiger partial charge in [-0.1, -0.05) is 12.8 Å². The number of nitrogens with one attached hydrogen (secondary N) is 2. The fourth-order valence-corrected chi connectivity index (χ4v) is 2.63. The summed E-state index contributed by atoms with van der Waals surface area (Å²) in [4.78, 5) is 40.5. The molecule has 0 spiro atoms. The van der Waals surface area contributed by atoms with Gasteiger partial charge in [0.15, 0.2) is 0 Å². The minimum absolute atomic E-state index is 0.0567. The third kappa shape index (κ3) is 3.36. The second kappa shape index (κ2) is 6.04. The Hall–Kier alpha value is -1.89. The standard InChI is InChI=1S/C13H19N3O4/c1-16(9-4-2-3-5-10(9)17)12(19)7-8-6-11(18)15-13(20)14-8/h6,9-10,17H,2-5,7H2,1H3,(H2,14,15,18,20). The molecule has 1 aromatic heterocycles. The minimum atomic E-state index is -0.624. The Morgan fingerprint density at radius 2 is 2.05 bits per heavy atom. The fourth-order valence-electron chi connectivity index (χ4n) is 2.63. The summed E-state index contributed by atoms with van der Waals surface area (Å²) >= 11 is 0. The maximum atomic E-state index is 12.2. The summed E-state index contributed by atoms with van der Waals surface area (Å²) < 4.78 is 0. The van der Waals surface area contributed by atoms with E-state index in [2.05, 4.69) is 9.97 Å². The number of carbonyl (C=O) groups excluding carboxylic acids is 1. The number of carbonyl (C=O) groups is 1. The van der Waals surface area contributed by atoms with Crippen molar-refractivity contribution < 1.29 is 9.90 Å². The Kier molecular flexibility index (Phi) is 4.39. The fraction of sp³-hybridized carbons (Fsp3) is 0.615. The Labute approximate surface area is 115 Å². The second-order valence-corrected chi connectivity index (χ2v) is 5.21. The molecule has 1 aliphatic rings. The molecule has 3 N–H and O–H groups in total. The summed E-state index contributed by atoms with van der Waals surface area (Å²) in [5.41, 5.74) is -0.876. The van der Waals surface area contributed by atoms with Gasteiger partial charge in [-0.3, -0.25) is 14.6 Å². The first-order chi connectivity index (χ1) is 9.47. The second-order valence-electron chi connectivity index (χ2n) is 5.21. The highest BCUT2D eigenvalue weighted by Gasteiger charge is 2.29. The number of likely N-dealkylation sites (N-methyl/N-ethyl adjacent to an activating group) is 1. The van der Waals surface area contributed by atoms with Crippen LogP contribution < -0.4 is 11.2 Å². The monoisotopic (exact) mass is 281 g/mol. The molecule has 7 heteroatoms. The van der Waals surface area contributed by atoms with E-state index in [1.807, 2.05) is 0 Å². The first kappa shape index (κ1) is 14.5. The molecule has 0 radical (unpaired) electrons. The lowest BCUT2D eigenvalue weighted by Gasteiger charge is -2.35. The summed E-state index contributed by atoms with van der Waals surface area (Å²) in [5, 5.41) is 9.94. The Balaban J connectivity index is 2.07. The van der Waals surface area contributed by atoms with Gasteiger partial charge in [0.2, 0.25) is 5.91 Å². The molecule has 0 saturated heterocycles. The molecule has 0 bridgehead atoms. The van der Waals surface area contributed by atoms with E-state index in [-0.39, 0.29) is 24.1 Å². The number of aromatic nitrogens is 2. The number of H-pyrrole nitrogens is 2. The van der Waals surface area contributed by atoms with E-state index in [1.165, 1.54) is 11.0 Å². The van der Waals surface area contributed by atoms with Crippen molar-refractivity contribution in [2.75, 3.05) is 7.05 Å². The van der Waals surface area contributed by atoms with Gasteiger partial charge >= 0.3 is 5.69 Å². The Morgan fingerprint density at radius 1 is 1.35 bits per heavy atom. The first-order valence-corrected chi connectivity index (χ1v) is 6.73. The van der Waals surface area contributed by atoms with Crippen LogP contribution in [-0.4, -0.2) is 45.1 Å². The normalized spacial score (nSPS) is 22.5. The highest BCUT2D eigenvalue weighted by Crippen LogP contribution is 2.22. The van der Waals surface area contributed by atoms with Crippen LogP contribution in [0.4, 0.5) is 0 Å². The largest absolute Gasteiger partial charge is 0.391 e. The highest BCUT2D eigenvalue weighted by molar-refractivity contribution is 5.78. The molecule has 2 atom stereocenters. The van der Waals surface area contributed by atoms with Crippen molar-refractivity contribution in [1.82, 2.24) is 14.9 Å². The van der Waals surface area contributed by atoms with Crippen LogP contribution in [0.1, 0.15) is 31.4 Å². The van der Waals surface area contributed by atoms with Crippen LogP contribution in [0.3, 0.4) is 0 Å². The predicted molar refractivity (Wildman–Crippen MR) is 72.4 cm³/mol. The van der Waals surface area contributed by atoms with Crippen molar-refractivity contribution in [3.8, 4) is 0 Å². The molecule has 110 valence electrons.